The summed E-state index contributed by atoms with van der Waals surface area (Å²) in [5, 5.41) is 10.3. The average Bonchev–Trinajstić information content (AvgIpc) is 3.17. The second-order valence-corrected chi connectivity index (χ2v) is 8.32. The maximum atomic E-state index is 11.4. The van der Waals surface area contributed by atoms with E-state index in [4.69, 9.17) is 21.3 Å². The van der Waals surface area contributed by atoms with Gasteiger partial charge in [-0.1, -0.05) is 11.6 Å². The molecule has 0 saturated carbocycles. The van der Waals surface area contributed by atoms with Crippen molar-refractivity contribution >= 4 is 28.7 Å². The number of ketones is 1. The van der Waals surface area contributed by atoms with Crippen molar-refractivity contribution in [1.82, 2.24) is 9.38 Å². The van der Waals surface area contributed by atoms with Gasteiger partial charge >= 0.3 is 0 Å². The normalized spacial score (nSPS) is 15.0. The Morgan fingerprint density at radius 3 is 2.73 bits per heavy atom. The van der Waals surface area contributed by atoms with Crippen molar-refractivity contribution in [1.29, 1.82) is 0 Å². The van der Waals surface area contributed by atoms with Crippen LogP contribution in [0.2, 0.25) is 5.02 Å². The van der Waals surface area contributed by atoms with Crippen molar-refractivity contribution in [2.24, 2.45) is 5.92 Å². The lowest BCUT2D eigenvalue weighted by Crippen LogP contribution is -2.34. The Morgan fingerprint density at radius 2 is 2.07 bits per heavy atom. The number of rotatable bonds is 6. The van der Waals surface area contributed by atoms with E-state index in [-0.39, 0.29) is 12.4 Å². The third-order valence-electron chi connectivity index (χ3n) is 5.82. The van der Waals surface area contributed by atoms with E-state index in [2.05, 4.69) is 17.0 Å². The number of fused-ring (bicyclic) bond motifs is 1. The van der Waals surface area contributed by atoms with Gasteiger partial charge in [0.2, 0.25) is 0 Å². The molecule has 1 aromatic carbocycles. The van der Waals surface area contributed by atoms with Crippen molar-refractivity contribution in [3.63, 3.8) is 0 Å². The van der Waals surface area contributed by atoms with Crippen molar-refractivity contribution in [3.05, 3.63) is 47.2 Å². The highest BCUT2D eigenvalue weighted by molar-refractivity contribution is 6.32. The smallest absolute Gasteiger partial charge is 0.139 e. The first-order chi connectivity index (χ1) is 14.5. The number of pyridine rings is 1. The van der Waals surface area contributed by atoms with E-state index >= 15 is 0 Å². The van der Waals surface area contributed by atoms with Crippen molar-refractivity contribution in [2.75, 3.05) is 25.1 Å². The second-order valence-electron chi connectivity index (χ2n) is 7.92. The maximum absolute atomic E-state index is 11.4. The summed E-state index contributed by atoms with van der Waals surface area (Å²) in [6.07, 6.45) is 6.71. The molecule has 0 aliphatic carbocycles. The van der Waals surface area contributed by atoms with E-state index in [9.17, 15) is 9.90 Å². The van der Waals surface area contributed by atoms with Crippen LogP contribution in [0.4, 0.5) is 5.69 Å². The topological polar surface area (TPSA) is 67.1 Å². The van der Waals surface area contributed by atoms with Crippen molar-refractivity contribution in [3.8, 4) is 17.0 Å². The maximum Gasteiger partial charge on any atom is 0.139 e. The predicted octanol–water partition coefficient (Wildman–Crippen LogP) is 4.35. The van der Waals surface area contributed by atoms with Crippen LogP contribution in [0.5, 0.6) is 5.75 Å². The first-order valence-electron chi connectivity index (χ1n) is 10.2. The van der Waals surface area contributed by atoms with Gasteiger partial charge in [0.25, 0.3) is 0 Å². The quantitative estimate of drug-likeness (QED) is 0.633. The molecule has 1 aliphatic heterocycles. The molecule has 4 rings (SSSR count). The number of Topliss-reactive ketones (excluding diaryl/α,β-unsaturated/α-hetero) is 1. The minimum absolute atomic E-state index is 0.128. The number of aliphatic hydroxyl groups excluding tert-OH is 1. The Labute approximate surface area is 181 Å². The molecule has 0 unspecified atom stereocenters. The largest absolute Gasteiger partial charge is 0.495 e. The molecule has 1 fully saturated rings. The molecule has 3 aromatic rings. The number of aliphatic hydroxyl groups is 1. The van der Waals surface area contributed by atoms with E-state index in [1.807, 2.05) is 16.8 Å². The van der Waals surface area contributed by atoms with Crippen LogP contribution in [0.3, 0.4) is 0 Å². The molecule has 1 saturated heterocycles. The molecular weight excluding hydrogens is 402 g/mol. The molecule has 0 atom stereocenters. The number of carbonyl (C=O) groups excluding carboxylic acids is 1. The van der Waals surface area contributed by atoms with Crippen LogP contribution in [0.1, 0.15) is 31.7 Å². The highest BCUT2D eigenvalue weighted by atomic mass is 35.5. The fourth-order valence-corrected chi connectivity index (χ4v) is 4.46. The zero-order valence-electron chi connectivity index (χ0n) is 17.3. The standard InChI is InChI=1S/C23H26ClN3O3/c1-15(29)9-16-3-6-26(7-4-16)18-5-8-27-13-21(25-23(27)11-18)19-12-20(24)22(30-2)10-17(19)14-28/h5,8,10-13,16,28H,3-4,6-7,9,14H2,1-2H3. The summed E-state index contributed by atoms with van der Waals surface area (Å²) in [5.41, 5.74) is 4.23. The van der Waals surface area contributed by atoms with Gasteiger partial charge in [-0.2, -0.15) is 0 Å². The number of nitrogens with zero attached hydrogens (tertiary/aromatic N) is 3. The lowest BCUT2D eigenvalue weighted by molar-refractivity contribution is -0.118. The average molecular weight is 428 g/mol. The van der Waals surface area contributed by atoms with Crippen molar-refractivity contribution in [2.45, 2.75) is 32.8 Å². The van der Waals surface area contributed by atoms with E-state index < -0.39 is 0 Å². The molecule has 0 bridgehead atoms. The molecule has 158 valence electrons. The van der Waals surface area contributed by atoms with Gasteiger partial charge in [-0.05, 0) is 49.4 Å². The molecule has 6 nitrogen and oxygen atoms in total. The molecule has 1 N–H and O–H groups in total. The lowest BCUT2D eigenvalue weighted by Gasteiger charge is -2.33. The SMILES string of the molecule is COc1cc(CO)c(-c2cn3ccc(N4CCC(CC(C)=O)CC4)cc3n2)cc1Cl. The van der Waals surface area contributed by atoms with Gasteiger partial charge in [-0.15, -0.1) is 0 Å². The molecule has 2 aromatic heterocycles. The molecule has 3 heterocycles. The molecular formula is C23H26ClN3O3. The van der Waals surface area contributed by atoms with Crippen LogP contribution in [-0.4, -0.2) is 40.5 Å². The summed E-state index contributed by atoms with van der Waals surface area (Å²) >= 11 is 6.31. The zero-order chi connectivity index (χ0) is 21.3. The molecule has 7 heteroatoms. The molecule has 30 heavy (non-hydrogen) atoms. The number of aromatic nitrogens is 2. The number of benzene rings is 1. The van der Waals surface area contributed by atoms with Crippen LogP contribution < -0.4 is 9.64 Å². The van der Waals surface area contributed by atoms with Gasteiger partial charge in [0, 0.05) is 49.2 Å². The summed E-state index contributed by atoms with van der Waals surface area (Å²) in [4.78, 5) is 18.5. The van der Waals surface area contributed by atoms with E-state index in [1.165, 1.54) is 0 Å². The summed E-state index contributed by atoms with van der Waals surface area (Å²) in [7, 11) is 1.55. The number of carbonyl (C=O) groups is 1. The number of methoxy groups -OCH3 is 1. The van der Waals surface area contributed by atoms with E-state index in [0.717, 1.165) is 48.5 Å². The minimum atomic E-state index is -0.128. The number of hydrogen-bond acceptors (Lipinski definition) is 5. The summed E-state index contributed by atoms with van der Waals surface area (Å²) in [6.45, 7) is 3.44. The second kappa shape index (κ2) is 8.66. The van der Waals surface area contributed by atoms with Gasteiger partial charge in [-0.25, -0.2) is 4.98 Å². The van der Waals surface area contributed by atoms with Gasteiger partial charge in [-0.3, -0.25) is 0 Å². The summed E-state index contributed by atoms with van der Waals surface area (Å²) < 4.78 is 7.23. The van der Waals surface area contributed by atoms with Gasteiger partial charge < -0.3 is 23.9 Å². The highest BCUT2D eigenvalue weighted by Gasteiger charge is 2.21. The Bertz CT molecular complexity index is 1070. The number of imidazole rings is 1. The van der Waals surface area contributed by atoms with Crippen molar-refractivity contribution < 1.29 is 14.6 Å². The summed E-state index contributed by atoms with van der Waals surface area (Å²) in [6, 6.07) is 7.71. The highest BCUT2D eigenvalue weighted by Crippen LogP contribution is 2.34. The Kier molecular flexibility index (Phi) is 5.97. The monoisotopic (exact) mass is 427 g/mol. The first-order valence-corrected chi connectivity index (χ1v) is 10.6. The van der Waals surface area contributed by atoms with Crippen LogP contribution in [0.15, 0.2) is 36.7 Å². The molecule has 0 amide bonds. The minimum Gasteiger partial charge on any atom is -0.495 e. The Hall–Kier alpha value is -2.57. The fourth-order valence-electron chi connectivity index (χ4n) is 4.22. The van der Waals surface area contributed by atoms with Gasteiger partial charge in [0.1, 0.15) is 17.2 Å². The zero-order valence-corrected chi connectivity index (χ0v) is 18.0. The Morgan fingerprint density at radius 1 is 1.30 bits per heavy atom. The number of piperidine rings is 1. The first kappa shape index (κ1) is 20.7. The van der Waals surface area contributed by atoms with Gasteiger partial charge in [0.05, 0.1) is 24.4 Å². The Balaban J connectivity index is 1.60. The lowest BCUT2D eigenvalue weighted by atomic mass is 9.92. The van der Waals surface area contributed by atoms with Crippen LogP contribution in [-0.2, 0) is 11.4 Å². The number of halogens is 1. The fraction of sp³-hybridized carbons (Fsp3) is 0.391. The predicted molar refractivity (Wildman–Crippen MR) is 118 cm³/mol. The van der Waals surface area contributed by atoms with Gasteiger partial charge in [0.15, 0.2) is 0 Å². The number of anilines is 1. The third kappa shape index (κ3) is 4.16. The van der Waals surface area contributed by atoms with Crippen LogP contribution >= 0.6 is 11.6 Å². The van der Waals surface area contributed by atoms with Crippen LogP contribution in [0, 0.1) is 5.92 Å². The molecule has 1 aliphatic rings. The summed E-state index contributed by atoms with van der Waals surface area (Å²) in [5.74, 6) is 1.31. The molecule has 0 radical (unpaired) electrons. The van der Waals surface area contributed by atoms with E-state index in [0.29, 0.717) is 28.7 Å². The number of ether oxygens (including phenoxy) is 1. The molecule has 0 spiro atoms. The van der Waals surface area contributed by atoms with Crippen LogP contribution in [0.25, 0.3) is 16.9 Å². The number of hydrogen-bond donors (Lipinski definition) is 1. The van der Waals surface area contributed by atoms with E-state index in [1.54, 1.807) is 26.2 Å². The third-order valence-corrected chi connectivity index (χ3v) is 6.12.